The topological polar surface area (TPSA) is 80.2 Å². The molecule has 7 heteroatoms. The maximum atomic E-state index is 12.4. The molecule has 7 nitrogen and oxygen atoms in total. The fraction of sp³-hybridized carbons (Fsp3) is 0.444. The Kier molecular flexibility index (Phi) is 4.56. The predicted molar refractivity (Wildman–Crippen MR) is 94.3 cm³/mol. The zero-order valence-corrected chi connectivity index (χ0v) is 14.0. The summed E-state index contributed by atoms with van der Waals surface area (Å²) >= 11 is 0. The summed E-state index contributed by atoms with van der Waals surface area (Å²) in [5, 5.41) is 3.06. The molecule has 0 unspecified atom stereocenters. The van der Waals surface area contributed by atoms with E-state index in [4.69, 9.17) is 9.72 Å². The fourth-order valence-corrected chi connectivity index (χ4v) is 3.30. The molecule has 4 heterocycles. The third kappa shape index (κ3) is 3.46. The van der Waals surface area contributed by atoms with Crippen LogP contribution >= 0.6 is 0 Å². The van der Waals surface area contributed by atoms with E-state index in [2.05, 4.69) is 15.3 Å². The zero-order valence-electron chi connectivity index (χ0n) is 14.0. The number of carbonyl (C=O) groups excluding carboxylic acids is 1. The molecule has 25 heavy (non-hydrogen) atoms. The van der Waals surface area contributed by atoms with Gasteiger partial charge in [0.2, 0.25) is 5.91 Å². The number of fused-ring (bicyclic) bond motifs is 1. The molecule has 0 radical (unpaired) electrons. The van der Waals surface area contributed by atoms with Gasteiger partial charge in [0.05, 0.1) is 18.4 Å². The Morgan fingerprint density at radius 3 is 2.96 bits per heavy atom. The Labute approximate surface area is 146 Å². The van der Waals surface area contributed by atoms with Crippen LogP contribution in [0, 0.1) is 5.92 Å². The van der Waals surface area contributed by atoms with Crippen LogP contribution in [0.2, 0.25) is 0 Å². The maximum Gasteiger partial charge on any atom is 0.247 e. The summed E-state index contributed by atoms with van der Waals surface area (Å²) in [4.78, 5) is 27.5. The van der Waals surface area contributed by atoms with E-state index in [0.717, 1.165) is 43.7 Å². The van der Waals surface area contributed by atoms with Crippen molar-refractivity contribution in [2.45, 2.75) is 19.3 Å². The van der Waals surface area contributed by atoms with Crippen molar-refractivity contribution in [1.82, 2.24) is 15.0 Å². The molecule has 2 aromatic rings. The molecule has 2 aromatic heterocycles. The molecule has 0 saturated carbocycles. The van der Waals surface area contributed by atoms with E-state index in [-0.39, 0.29) is 12.5 Å². The lowest BCUT2D eigenvalue weighted by molar-refractivity contribution is -0.117. The first kappa shape index (κ1) is 16.0. The highest BCUT2D eigenvalue weighted by molar-refractivity contribution is 6.00. The van der Waals surface area contributed by atoms with Crippen molar-refractivity contribution in [2.24, 2.45) is 5.92 Å². The van der Waals surface area contributed by atoms with E-state index in [1.165, 1.54) is 0 Å². The molecule has 0 atom stereocenters. The van der Waals surface area contributed by atoms with Crippen molar-refractivity contribution < 1.29 is 9.53 Å². The van der Waals surface area contributed by atoms with Gasteiger partial charge in [-0.3, -0.25) is 14.7 Å². The number of rotatable bonds is 4. The van der Waals surface area contributed by atoms with E-state index < -0.39 is 0 Å². The first-order valence-electron chi connectivity index (χ1n) is 8.70. The molecule has 2 aliphatic rings. The van der Waals surface area contributed by atoms with Crippen molar-refractivity contribution in [3.8, 4) is 11.3 Å². The molecule has 2 aliphatic heterocycles. The van der Waals surface area contributed by atoms with Crippen molar-refractivity contribution in [1.29, 1.82) is 0 Å². The van der Waals surface area contributed by atoms with E-state index >= 15 is 0 Å². The van der Waals surface area contributed by atoms with Gasteiger partial charge in [0.1, 0.15) is 0 Å². The number of hydrogen-bond donors (Lipinski definition) is 1. The smallest absolute Gasteiger partial charge is 0.247 e. The zero-order chi connectivity index (χ0) is 17.1. The molecule has 0 aliphatic carbocycles. The number of nitrogens with one attached hydrogen (secondary N) is 1. The monoisotopic (exact) mass is 339 g/mol. The van der Waals surface area contributed by atoms with Crippen molar-refractivity contribution in [3.63, 3.8) is 0 Å². The van der Waals surface area contributed by atoms with Gasteiger partial charge >= 0.3 is 0 Å². The first-order valence-corrected chi connectivity index (χ1v) is 8.70. The standard InChI is InChI=1S/C18H21N5O2/c24-16-12-21-17-18(23(16)7-3-13-4-8-25-9-5-13)22-15(11-20-17)14-2-1-6-19-10-14/h1-2,6,10-11,13H,3-5,7-9,12H2,(H,20,21). The highest BCUT2D eigenvalue weighted by Gasteiger charge is 2.27. The summed E-state index contributed by atoms with van der Waals surface area (Å²) in [6.07, 6.45) is 8.28. The van der Waals surface area contributed by atoms with Crippen LogP contribution in [0.25, 0.3) is 11.3 Å². The number of anilines is 2. The van der Waals surface area contributed by atoms with Gasteiger partial charge in [0.25, 0.3) is 0 Å². The van der Waals surface area contributed by atoms with Crippen LogP contribution in [0.4, 0.5) is 11.6 Å². The summed E-state index contributed by atoms with van der Waals surface area (Å²) in [6.45, 7) is 2.58. The third-order valence-electron chi connectivity index (χ3n) is 4.78. The summed E-state index contributed by atoms with van der Waals surface area (Å²) < 4.78 is 5.41. The maximum absolute atomic E-state index is 12.4. The van der Waals surface area contributed by atoms with Gasteiger partial charge in [-0.15, -0.1) is 0 Å². The van der Waals surface area contributed by atoms with Crippen LogP contribution < -0.4 is 10.2 Å². The Balaban J connectivity index is 1.57. The number of nitrogens with zero attached hydrogens (tertiary/aromatic N) is 4. The Morgan fingerprint density at radius 2 is 2.16 bits per heavy atom. The molecular weight excluding hydrogens is 318 g/mol. The summed E-state index contributed by atoms with van der Waals surface area (Å²) in [7, 11) is 0. The minimum absolute atomic E-state index is 0.0391. The molecular formula is C18H21N5O2. The average Bonchev–Trinajstić information content (AvgIpc) is 2.68. The number of pyridine rings is 1. The van der Waals surface area contributed by atoms with Gasteiger partial charge in [-0.2, -0.15) is 0 Å². The molecule has 0 spiro atoms. The van der Waals surface area contributed by atoms with Gasteiger partial charge in [0.15, 0.2) is 11.6 Å². The van der Waals surface area contributed by atoms with Gasteiger partial charge in [0, 0.05) is 37.7 Å². The van der Waals surface area contributed by atoms with Crippen LogP contribution in [0.5, 0.6) is 0 Å². The second-order valence-corrected chi connectivity index (χ2v) is 6.41. The molecule has 1 fully saturated rings. The average molecular weight is 339 g/mol. The highest BCUT2D eigenvalue weighted by atomic mass is 16.5. The Bertz CT molecular complexity index is 746. The first-order chi connectivity index (χ1) is 12.3. The van der Waals surface area contributed by atoms with Crippen LogP contribution in [0.1, 0.15) is 19.3 Å². The second-order valence-electron chi connectivity index (χ2n) is 6.41. The number of carbonyl (C=O) groups is 1. The lowest BCUT2D eigenvalue weighted by Crippen LogP contribution is -2.42. The molecule has 1 saturated heterocycles. The van der Waals surface area contributed by atoms with Crippen LogP contribution in [0.3, 0.4) is 0 Å². The van der Waals surface area contributed by atoms with E-state index in [0.29, 0.717) is 24.1 Å². The normalized spacial score (nSPS) is 17.9. The van der Waals surface area contributed by atoms with Gasteiger partial charge in [-0.25, -0.2) is 9.97 Å². The quantitative estimate of drug-likeness (QED) is 0.919. The predicted octanol–water partition coefficient (Wildman–Crippen LogP) is 2.11. The van der Waals surface area contributed by atoms with Gasteiger partial charge in [-0.05, 0) is 37.3 Å². The van der Waals surface area contributed by atoms with Crippen molar-refractivity contribution in [2.75, 3.05) is 36.5 Å². The van der Waals surface area contributed by atoms with Crippen LogP contribution in [0.15, 0.2) is 30.7 Å². The number of aromatic nitrogens is 3. The molecule has 1 amide bonds. The van der Waals surface area contributed by atoms with E-state index in [1.807, 2.05) is 12.1 Å². The van der Waals surface area contributed by atoms with Crippen molar-refractivity contribution in [3.05, 3.63) is 30.7 Å². The van der Waals surface area contributed by atoms with E-state index in [1.54, 1.807) is 23.5 Å². The lowest BCUT2D eigenvalue weighted by atomic mass is 9.96. The van der Waals surface area contributed by atoms with Crippen LogP contribution in [-0.4, -0.2) is 47.2 Å². The van der Waals surface area contributed by atoms with Crippen LogP contribution in [-0.2, 0) is 9.53 Å². The number of hydrogen-bond acceptors (Lipinski definition) is 6. The molecule has 130 valence electrons. The molecule has 1 N–H and O–H groups in total. The summed E-state index contributed by atoms with van der Waals surface area (Å²) in [5.41, 5.74) is 1.61. The Hall–Kier alpha value is -2.54. The minimum Gasteiger partial charge on any atom is -0.381 e. The van der Waals surface area contributed by atoms with E-state index in [9.17, 15) is 4.79 Å². The second kappa shape index (κ2) is 7.14. The lowest BCUT2D eigenvalue weighted by Gasteiger charge is -2.30. The fourth-order valence-electron chi connectivity index (χ4n) is 3.30. The molecule has 0 bridgehead atoms. The van der Waals surface area contributed by atoms with Crippen molar-refractivity contribution >= 4 is 17.5 Å². The SMILES string of the molecule is O=C1CNc2ncc(-c3cccnc3)nc2N1CCC1CCOCC1. The molecule has 0 aromatic carbocycles. The third-order valence-corrected chi connectivity index (χ3v) is 4.78. The van der Waals surface area contributed by atoms with Gasteiger partial charge in [-0.1, -0.05) is 0 Å². The number of amides is 1. The largest absolute Gasteiger partial charge is 0.381 e. The highest BCUT2D eigenvalue weighted by Crippen LogP contribution is 2.29. The number of ether oxygens (including phenoxy) is 1. The Morgan fingerprint density at radius 1 is 1.28 bits per heavy atom. The molecule has 4 rings (SSSR count). The minimum atomic E-state index is 0.0391. The summed E-state index contributed by atoms with van der Waals surface area (Å²) in [6, 6.07) is 3.80. The summed E-state index contributed by atoms with van der Waals surface area (Å²) in [5.74, 6) is 1.93. The van der Waals surface area contributed by atoms with Gasteiger partial charge < -0.3 is 10.1 Å².